The second kappa shape index (κ2) is 5.48. The lowest BCUT2D eigenvalue weighted by Crippen LogP contribution is -1.89. The van der Waals surface area contributed by atoms with E-state index in [0.717, 1.165) is 18.5 Å². The second-order valence-corrected chi connectivity index (χ2v) is 3.49. The van der Waals surface area contributed by atoms with Crippen molar-refractivity contribution in [1.29, 1.82) is 0 Å². The number of rotatable bonds is 4. The summed E-state index contributed by atoms with van der Waals surface area (Å²) in [5, 5.41) is 3.24. The van der Waals surface area contributed by atoms with E-state index >= 15 is 0 Å². The number of benzene rings is 1. The molecule has 0 aliphatic heterocycles. The van der Waals surface area contributed by atoms with E-state index in [9.17, 15) is 0 Å². The molecule has 0 aliphatic carbocycles. The van der Waals surface area contributed by atoms with Crippen molar-refractivity contribution in [1.82, 2.24) is 0 Å². The van der Waals surface area contributed by atoms with Gasteiger partial charge in [-0.1, -0.05) is 19.1 Å². The molecule has 0 unspecified atom stereocenters. The molecule has 0 saturated heterocycles. The Hall–Kier alpha value is -1.24. The minimum atomic E-state index is 0.950. The molecule has 1 N–H and O–H groups in total. The molecule has 0 bridgehead atoms. The number of anilines is 1. The van der Waals surface area contributed by atoms with Crippen molar-refractivity contribution in [2.45, 2.75) is 26.7 Å². The van der Waals surface area contributed by atoms with Crippen LogP contribution in [0.2, 0.25) is 0 Å². The third kappa shape index (κ3) is 3.25. The summed E-state index contributed by atoms with van der Waals surface area (Å²) >= 11 is 0. The van der Waals surface area contributed by atoms with Gasteiger partial charge in [-0.3, -0.25) is 0 Å². The second-order valence-electron chi connectivity index (χ2n) is 3.49. The van der Waals surface area contributed by atoms with E-state index in [4.69, 9.17) is 0 Å². The van der Waals surface area contributed by atoms with Gasteiger partial charge in [-0.25, -0.2) is 0 Å². The Morgan fingerprint density at radius 3 is 2.71 bits per heavy atom. The van der Waals surface area contributed by atoms with Crippen LogP contribution < -0.4 is 5.32 Å². The summed E-state index contributed by atoms with van der Waals surface area (Å²) in [7, 11) is 0. The third-order valence-electron chi connectivity index (χ3n) is 2.25. The van der Waals surface area contributed by atoms with Gasteiger partial charge in [0.1, 0.15) is 0 Å². The molecule has 0 aliphatic rings. The molecule has 1 aromatic rings. The van der Waals surface area contributed by atoms with E-state index < -0.39 is 0 Å². The lowest BCUT2D eigenvalue weighted by atomic mass is 10.1. The number of hydrogen-bond acceptors (Lipinski definition) is 1. The summed E-state index contributed by atoms with van der Waals surface area (Å²) in [5.41, 5.74) is 3.80. The number of allylic oxidation sites excluding steroid dienone is 1. The van der Waals surface area contributed by atoms with Crippen molar-refractivity contribution in [3.63, 3.8) is 0 Å². The first-order valence-electron chi connectivity index (χ1n) is 5.02. The number of unbranched alkanes of at least 4 members (excludes halogenated alkanes) is 1. The highest BCUT2D eigenvalue weighted by atomic mass is 14.8. The largest absolute Gasteiger partial charge is 0.362 e. The van der Waals surface area contributed by atoms with Crippen molar-refractivity contribution in [3.05, 3.63) is 48.5 Å². The van der Waals surface area contributed by atoms with Crippen molar-refractivity contribution >= 4 is 5.69 Å². The van der Waals surface area contributed by atoms with Gasteiger partial charge >= 0.3 is 0 Å². The predicted molar refractivity (Wildman–Crippen MR) is 63.3 cm³/mol. The molecule has 0 aromatic heterocycles. The maximum Gasteiger partial charge on any atom is 0.0382 e. The monoisotopic (exact) mass is 188 g/mol. The van der Waals surface area contributed by atoms with Crippen LogP contribution in [0.15, 0.2) is 30.5 Å². The first kappa shape index (κ1) is 10.8. The van der Waals surface area contributed by atoms with Gasteiger partial charge in [-0.15, -0.1) is 0 Å². The van der Waals surface area contributed by atoms with Gasteiger partial charge in [0.15, 0.2) is 0 Å². The molecule has 1 heteroatoms. The number of aryl methyl sites for hydroxylation is 2. The van der Waals surface area contributed by atoms with Crippen LogP contribution >= 0.6 is 0 Å². The number of nitrogens with one attached hydrogen (secondary N) is 1. The summed E-state index contributed by atoms with van der Waals surface area (Å²) in [4.78, 5) is 0. The standard InChI is InChI=1S/C13H18N/c1-4-5-6-9-14-13-8-7-11(2)12(3)10-13/h6-10,14H,1,4-5H2,2-3H3. The molecule has 75 valence electrons. The van der Waals surface area contributed by atoms with Crippen LogP contribution in [0, 0.1) is 20.8 Å². The summed E-state index contributed by atoms with van der Waals surface area (Å²) < 4.78 is 0. The molecule has 1 rings (SSSR count). The van der Waals surface area contributed by atoms with Crippen molar-refractivity contribution in [2.24, 2.45) is 0 Å². The zero-order valence-corrected chi connectivity index (χ0v) is 9.01. The molecule has 0 fully saturated rings. The molecular formula is C13H18N. The Morgan fingerprint density at radius 1 is 1.29 bits per heavy atom. The quantitative estimate of drug-likeness (QED) is 0.757. The average molecular weight is 188 g/mol. The van der Waals surface area contributed by atoms with E-state index in [2.05, 4.69) is 50.4 Å². The topological polar surface area (TPSA) is 12.0 Å². The molecule has 1 nitrogen and oxygen atoms in total. The van der Waals surface area contributed by atoms with Gasteiger partial charge in [0, 0.05) is 5.69 Å². The molecule has 14 heavy (non-hydrogen) atoms. The van der Waals surface area contributed by atoms with Gasteiger partial charge < -0.3 is 5.32 Å². The van der Waals surface area contributed by atoms with E-state index in [1.165, 1.54) is 11.1 Å². The highest BCUT2D eigenvalue weighted by Gasteiger charge is 1.92. The Balaban J connectivity index is 2.55. The van der Waals surface area contributed by atoms with Crippen LogP contribution in [0.4, 0.5) is 5.69 Å². The highest BCUT2D eigenvalue weighted by molar-refractivity contribution is 5.49. The van der Waals surface area contributed by atoms with Gasteiger partial charge in [-0.05, 0) is 56.1 Å². The maximum atomic E-state index is 3.78. The van der Waals surface area contributed by atoms with Gasteiger partial charge in [-0.2, -0.15) is 0 Å². The van der Waals surface area contributed by atoms with Crippen molar-refractivity contribution in [2.75, 3.05) is 5.32 Å². The van der Waals surface area contributed by atoms with E-state index in [0.29, 0.717) is 0 Å². The van der Waals surface area contributed by atoms with Crippen LogP contribution in [-0.2, 0) is 0 Å². The van der Waals surface area contributed by atoms with E-state index in [1.54, 1.807) is 0 Å². The van der Waals surface area contributed by atoms with E-state index in [-0.39, 0.29) is 0 Å². The normalized spacial score (nSPS) is 10.8. The first-order chi connectivity index (χ1) is 6.74. The lowest BCUT2D eigenvalue weighted by Gasteiger charge is -2.04. The zero-order valence-electron chi connectivity index (χ0n) is 9.01. The van der Waals surface area contributed by atoms with Crippen LogP contribution in [0.5, 0.6) is 0 Å². The smallest absolute Gasteiger partial charge is 0.0382 e. The minimum Gasteiger partial charge on any atom is -0.362 e. The molecule has 1 aromatic carbocycles. The molecule has 0 heterocycles. The fourth-order valence-electron chi connectivity index (χ4n) is 1.19. The highest BCUT2D eigenvalue weighted by Crippen LogP contribution is 2.13. The molecule has 0 atom stereocenters. The zero-order chi connectivity index (χ0) is 10.4. The Bertz CT molecular complexity index is 313. The maximum absolute atomic E-state index is 3.78. The van der Waals surface area contributed by atoms with Crippen LogP contribution in [0.25, 0.3) is 0 Å². The summed E-state index contributed by atoms with van der Waals surface area (Å²) in [6.45, 7) is 8.02. The predicted octanol–water partition coefficient (Wildman–Crippen LogP) is 3.84. The van der Waals surface area contributed by atoms with Crippen LogP contribution in [0.3, 0.4) is 0 Å². The molecular weight excluding hydrogens is 170 g/mol. The SMILES string of the molecule is [CH2]CCC=CNc1ccc(C)c(C)c1. The van der Waals surface area contributed by atoms with E-state index in [1.807, 2.05) is 6.20 Å². The van der Waals surface area contributed by atoms with Crippen LogP contribution in [-0.4, -0.2) is 0 Å². The van der Waals surface area contributed by atoms with Crippen molar-refractivity contribution < 1.29 is 0 Å². The van der Waals surface area contributed by atoms with Gasteiger partial charge in [0.05, 0.1) is 0 Å². The summed E-state index contributed by atoms with van der Waals surface area (Å²) in [5.74, 6) is 0. The average Bonchev–Trinajstić information content (AvgIpc) is 2.18. The molecule has 0 spiro atoms. The first-order valence-corrected chi connectivity index (χ1v) is 5.02. The van der Waals surface area contributed by atoms with Gasteiger partial charge in [0.2, 0.25) is 0 Å². The lowest BCUT2D eigenvalue weighted by molar-refractivity contribution is 1.05. The van der Waals surface area contributed by atoms with Crippen molar-refractivity contribution in [3.8, 4) is 0 Å². The molecule has 0 saturated carbocycles. The Kier molecular flexibility index (Phi) is 4.24. The summed E-state index contributed by atoms with van der Waals surface area (Å²) in [6, 6.07) is 6.38. The Morgan fingerprint density at radius 2 is 2.07 bits per heavy atom. The fraction of sp³-hybridized carbons (Fsp3) is 0.308. The molecule has 1 radical (unpaired) electrons. The summed E-state index contributed by atoms with van der Waals surface area (Å²) in [6.07, 6.45) is 6.06. The van der Waals surface area contributed by atoms with Gasteiger partial charge in [0.25, 0.3) is 0 Å². The fourth-order valence-corrected chi connectivity index (χ4v) is 1.19. The number of hydrogen-bond donors (Lipinski definition) is 1. The minimum absolute atomic E-state index is 0.950. The third-order valence-corrected chi connectivity index (χ3v) is 2.25. The molecule has 0 amide bonds. The van der Waals surface area contributed by atoms with Crippen LogP contribution in [0.1, 0.15) is 24.0 Å². The Labute approximate surface area is 86.8 Å².